The summed E-state index contributed by atoms with van der Waals surface area (Å²) in [6, 6.07) is 6.58. The third-order valence-electron chi connectivity index (χ3n) is 5.29. The largest absolute Gasteiger partial charge is 0.392 e. The molecule has 0 radical (unpaired) electrons. The number of benzene rings is 1. The van der Waals surface area contributed by atoms with E-state index < -0.39 is 0 Å². The van der Waals surface area contributed by atoms with E-state index in [9.17, 15) is 9.50 Å². The highest BCUT2D eigenvalue weighted by Gasteiger charge is 2.22. The summed E-state index contributed by atoms with van der Waals surface area (Å²) in [6.07, 6.45) is 10.3. The van der Waals surface area contributed by atoms with Crippen molar-refractivity contribution in [1.29, 1.82) is 0 Å². The van der Waals surface area contributed by atoms with Gasteiger partial charge in [-0.2, -0.15) is 0 Å². The van der Waals surface area contributed by atoms with Crippen LogP contribution in [-0.2, 0) is 6.61 Å². The van der Waals surface area contributed by atoms with Crippen LogP contribution in [0.5, 0.6) is 0 Å². The van der Waals surface area contributed by atoms with Crippen LogP contribution < -0.4 is 0 Å². The summed E-state index contributed by atoms with van der Waals surface area (Å²) in [5, 5.41) is 10.2. The Labute approximate surface area is 175 Å². The minimum absolute atomic E-state index is 0.0804. The van der Waals surface area contributed by atoms with E-state index in [0.29, 0.717) is 0 Å². The number of unbranched alkanes of at least 4 members (excludes halogenated alkanes) is 4. The fourth-order valence-corrected chi connectivity index (χ4v) is 3.76. The second-order valence-electron chi connectivity index (χ2n) is 8.38. The molecular formula is C26H36FNO. The Balaban J connectivity index is 2.63. The molecule has 1 N–H and O–H groups in total. The highest BCUT2D eigenvalue weighted by molar-refractivity contribution is 5.80. The van der Waals surface area contributed by atoms with Crippen molar-refractivity contribution in [2.45, 2.75) is 85.2 Å². The van der Waals surface area contributed by atoms with Gasteiger partial charge < -0.3 is 5.11 Å². The number of aliphatic hydroxyl groups excluding tert-OH is 1. The molecule has 0 amide bonds. The van der Waals surface area contributed by atoms with Gasteiger partial charge in [0.25, 0.3) is 0 Å². The van der Waals surface area contributed by atoms with E-state index in [2.05, 4.69) is 46.8 Å². The fourth-order valence-electron chi connectivity index (χ4n) is 3.76. The average Bonchev–Trinajstić information content (AvgIpc) is 2.70. The molecule has 0 spiro atoms. The lowest BCUT2D eigenvalue weighted by atomic mass is 9.87. The molecule has 1 heterocycles. The van der Waals surface area contributed by atoms with Crippen LogP contribution in [0.3, 0.4) is 0 Å². The highest BCUT2D eigenvalue weighted by Crippen LogP contribution is 2.37. The Kier molecular flexibility index (Phi) is 9.03. The number of aromatic nitrogens is 1. The van der Waals surface area contributed by atoms with Gasteiger partial charge in [0.2, 0.25) is 0 Å². The molecule has 0 aliphatic carbocycles. The molecule has 0 unspecified atom stereocenters. The first-order valence-corrected chi connectivity index (χ1v) is 11.0. The second kappa shape index (κ2) is 11.3. The summed E-state index contributed by atoms with van der Waals surface area (Å²) in [5.74, 6) is 0.189. The van der Waals surface area contributed by atoms with Crippen LogP contribution in [-0.4, -0.2) is 10.1 Å². The monoisotopic (exact) mass is 397 g/mol. The Hall–Kier alpha value is -2.00. The quantitative estimate of drug-likeness (QED) is 0.418. The van der Waals surface area contributed by atoms with Gasteiger partial charge in [0.05, 0.1) is 12.3 Å². The zero-order valence-electron chi connectivity index (χ0n) is 18.6. The summed E-state index contributed by atoms with van der Waals surface area (Å²) in [6.45, 7) is 10.6. The Morgan fingerprint density at radius 2 is 1.62 bits per heavy atom. The van der Waals surface area contributed by atoms with Crippen molar-refractivity contribution < 1.29 is 9.50 Å². The van der Waals surface area contributed by atoms with Crippen molar-refractivity contribution in [3.8, 4) is 11.1 Å². The summed E-state index contributed by atoms with van der Waals surface area (Å²) >= 11 is 0. The predicted octanol–water partition coefficient (Wildman–Crippen LogP) is 7.61. The molecule has 2 nitrogen and oxygen atoms in total. The molecule has 0 atom stereocenters. The van der Waals surface area contributed by atoms with Crippen molar-refractivity contribution in [2.24, 2.45) is 0 Å². The third-order valence-corrected chi connectivity index (χ3v) is 5.29. The van der Waals surface area contributed by atoms with E-state index in [1.807, 2.05) is 0 Å². The van der Waals surface area contributed by atoms with Gasteiger partial charge in [0.1, 0.15) is 5.82 Å². The summed E-state index contributed by atoms with van der Waals surface area (Å²) in [4.78, 5) is 4.99. The van der Waals surface area contributed by atoms with Crippen molar-refractivity contribution >= 4 is 6.08 Å². The van der Waals surface area contributed by atoms with E-state index >= 15 is 0 Å². The first kappa shape index (κ1) is 23.3. The number of hydrogen-bond acceptors (Lipinski definition) is 2. The lowest BCUT2D eigenvalue weighted by Gasteiger charge is -2.23. The molecule has 0 aliphatic heterocycles. The van der Waals surface area contributed by atoms with E-state index in [4.69, 9.17) is 4.98 Å². The van der Waals surface area contributed by atoms with Gasteiger partial charge in [-0.15, -0.1) is 0 Å². The zero-order valence-corrected chi connectivity index (χ0v) is 18.6. The minimum atomic E-state index is -0.255. The number of pyridine rings is 1. The maximum Gasteiger partial charge on any atom is 0.123 e. The number of halogens is 1. The first-order valence-electron chi connectivity index (χ1n) is 11.0. The molecule has 1 aromatic carbocycles. The normalized spacial score (nSPS) is 11.9. The molecule has 1 aromatic heterocycles. The Morgan fingerprint density at radius 1 is 0.966 bits per heavy atom. The molecule has 158 valence electrons. The number of allylic oxidation sites excluding steroid dienone is 1. The van der Waals surface area contributed by atoms with E-state index in [-0.39, 0.29) is 24.3 Å². The van der Waals surface area contributed by atoms with Gasteiger partial charge in [-0.1, -0.05) is 78.2 Å². The van der Waals surface area contributed by atoms with Crippen LogP contribution in [0.25, 0.3) is 17.2 Å². The van der Waals surface area contributed by atoms with Crippen LogP contribution in [0.15, 0.2) is 30.3 Å². The van der Waals surface area contributed by atoms with Crippen LogP contribution in [0.2, 0.25) is 0 Å². The summed E-state index contributed by atoms with van der Waals surface area (Å²) < 4.78 is 13.6. The van der Waals surface area contributed by atoms with Gasteiger partial charge >= 0.3 is 0 Å². The van der Waals surface area contributed by atoms with Crippen LogP contribution >= 0.6 is 0 Å². The number of hydrogen-bond donors (Lipinski definition) is 1. The number of aliphatic hydroxyl groups is 1. The average molecular weight is 398 g/mol. The van der Waals surface area contributed by atoms with Gasteiger partial charge in [-0.25, -0.2) is 4.39 Å². The first-order chi connectivity index (χ1) is 13.9. The minimum Gasteiger partial charge on any atom is -0.392 e. The predicted molar refractivity (Wildman–Crippen MR) is 122 cm³/mol. The molecule has 0 fully saturated rings. The summed E-state index contributed by atoms with van der Waals surface area (Å²) in [5.41, 5.74) is 5.77. The highest BCUT2D eigenvalue weighted by atomic mass is 19.1. The van der Waals surface area contributed by atoms with Crippen molar-refractivity contribution in [2.75, 3.05) is 0 Å². The SMILES string of the molecule is CCCCCC/C=C/c1c(C(C)C)nc(C(C)C)c(CO)c1-c1ccc(F)cc1. The maximum atomic E-state index is 13.6. The molecule has 29 heavy (non-hydrogen) atoms. The lowest BCUT2D eigenvalue weighted by molar-refractivity contribution is 0.280. The molecule has 0 saturated heterocycles. The van der Waals surface area contributed by atoms with Gasteiger partial charge in [-0.05, 0) is 47.9 Å². The second-order valence-corrected chi connectivity index (χ2v) is 8.38. The molecule has 0 aliphatic rings. The Morgan fingerprint density at radius 3 is 2.17 bits per heavy atom. The van der Waals surface area contributed by atoms with Crippen molar-refractivity contribution in [3.63, 3.8) is 0 Å². The molecule has 2 aromatic rings. The molecule has 3 heteroatoms. The number of rotatable bonds is 10. The van der Waals surface area contributed by atoms with Crippen LogP contribution in [0.1, 0.15) is 101 Å². The molecule has 2 rings (SSSR count). The fraction of sp³-hybridized carbons (Fsp3) is 0.500. The van der Waals surface area contributed by atoms with Crippen LogP contribution in [0.4, 0.5) is 4.39 Å². The standard InChI is InChI=1S/C26H36FNO/c1-6-7-8-9-10-11-12-22-24(20-13-15-21(27)16-14-20)23(17-29)26(19(4)5)28-25(22)18(2)3/h11-16,18-19,29H,6-10,17H2,1-5H3/b12-11+. The van der Waals surface area contributed by atoms with E-state index in [1.54, 1.807) is 12.1 Å². The summed E-state index contributed by atoms with van der Waals surface area (Å²) in [7, 11) is 0. The van der Waals surface area contributed by atoms with E-state index in [0.717, 1.165) is 40.1 Å². The molecular weight excluding hydrogens is 361 g/mol. The van der Waals surface area contributed by atoms with Crippen molar-refractivity contribution in [1.82, 2.24) is 4.98 Å². The Bertz CT molecular complexity index is 806. The zero-order chi connectivity index (χ0) is 21.4. The topological polar surface area (TPSA) is 33.1 Å². The molecule has 0 bridgehead atoms. The third kappa shape index (κ3) is 5.99. The maximum absolute atomic E-state index is 13.6. The lowest BCUT2D eigenvalue weighted by Crippen LogP contribution is -2.10. The smallest absolute Gasteiger partial charge is 0.123 e. The van der Waals surface area contributed by atoms with Gasteiger partial charge in [0, 0.05) is 16.8 Å². The number of nitrogens with zero attached hydrogens (tertiary/aromatic N) is 1. The van der Waals surface area contributed by atoms with Gasteiger partial charge in [-0.3, -0.25) is 4.98 Å². The van der Waals surface area contributed by atoms with Crippen molar-refractivity contribution in [3.05, 3.63) is 58.7 Å². The van der Waals surface area contributed by atoms with Crippen LogP contribution in [0, 0.1) is 5.82 Å². The van der Waals surface area contributed by atoms with Gasteiger partial charge in [0.15, 0.2) is 0 Å². The molecule has 0 saturated carbocycles. The van der Waals surface area contributed by atoms with E-state index in [1.165, 1.54) is 37.8 Å².